The van der Waals surface area contributed by atoms with Crippen LogP contribution in [0.2, 0.25) is 0 Å². The molecule has 0 radical (unpaired) electrons. The zero-order valence-electron chi connectivity index (χ0n) is 11.7. The van der Waals surface area contributed by atoms with Crippen LogP contribution in [-0.2, 0) is 6.42 Å². The lowest BCUT2D eigenvalue weighted by atomic mass is 10.1. The van der Waals surface area contributed by atoms with Crippen LogP contribution in [0.4, 0.5) is 5.69 Å². The molecule has 0 fully saturated rings. The number of hydrogen-bond donors (Lipinski definition) is 1. The normalized spacial score (nSPS) is 10.1. The number of rotatable bonds is 5. The molecule has 1 N–H and O–H groups in total. The first-order valence-electron chi connectivity index (χ1n) is 6.73. The molecule has 2 aromatic rings. The molecule has 0 aliphatic rings. The molecule has 1 amide bonds. The van der Waals surface area contributed by atoms with Crippen LogP contribution in [0.3, 0.4) is 0 Å². The number of para-hydroxylation sites is 1. The molecule has 20 heavy (non-hydrogen) atoms. The minimum atomic E-state index is -0.206. The van der Waals surface area contributed by atoms with E-state index in [9.17, 15) is 4.79 Å². The summed E-state index contributed by atoms with van der Waals surface area (Å²) in [6.07, 6.45) is 2.48. The second-order valence-electron chi connectivity index (χ2n) is 4.25. The van der Waals surface area contributed by atoms with Crippen molar-refractivity contribution in [2.75, 3.05) is 11.9 Å². The van der Waals surface area contributed by atoms with Crippen molar-refractivity contribution in [3.8, 4) is 5.88 Å². The van der Waals surface area contributed by atoms with Crippen LogP contribution in [-0.4, -0.2) is 17.5 Å². The van der Waals surface area contributed by atoms with Crippen molar-refractivity contribution in [1.82, 2.24) is 4.98 Å². The first-order chi connectivity index (χ1) is 9.76. The SMILES string of the molecule is CCOc1ncccc1C(=O)Nc1ccccc1CC. The highest BCUT2D eigenvalue weighted by Gasteiger charge is 2.14. The lowest BCUT2D eigenvalue weighted by Gasteiger charge is -2.11. The van der Waals surface area contributed by atoms with Crippen LogP contribution < -0.4 is 10.1 Å². The highest BCUT2D eigenvalue weighted by Crippen LogP contribution is 2.19. The number of ether oxygens (including phenoxy) is 1. The molecule has 1 heterocycles. The number of aryl methyl sites for hydroxylation is 1. The summed E-state index contributed by atoms with van der Waals surface area (Å²) in [6.45, 7) is 4.40. The molecule has 104 valence electrons. The number of aromatic nitrogens is 1. The van der Waals surface area contributed by atoms with E-state index in [1.54, 1.807) is 18.3 Å². The van der Waals surface area contributed by atoms with E-state index in [0.717, 1.165) is 17.7 Å². The van der Waals surface area contributed by atoms with Gasteiger partial charge in [-0.15, -0.1) is 0 Å². The van der Waals surface area contributed by atoms with Gasteiger partial charge >= 0.3 is 0 Å². The van der Waals surface area contributed by atoms with Crippen molar-refractivity contribution in [3.05, 3.63) is 53.7 Å². The third-order valence-electron chi connectivity index (χ3n) is 2.94. The van der Waals surface area contributed by atoms with E-state index < -0.39 is 0 Å². The van der Waals surface area contributed by atoms with Gasteiger partial charge in [0.15, 0.2) is 0 Å². The van der Waals surface area contributed by atoms with Crippen LogP contribution in [0.1, 0.15) is 29.8 Å². The van der Waals surface area contributed by atoms with Gasteiger partial charge in [0.25, 0.3) is 5.91 Å². The lowest BCUT2D eigenvalue weighted by molar-refractivity contribution is 0.102. The number of nitrogens with one attached hydrogen (secondary N) is 1. The van der Waals surface area contributed by atoms with Gasteiger partial charge in [-0.2, -0.15) is 0 Å². The van der Waals surface area contributed by atoms with Crippen molar-refractivity contribution in [2.45, 2.75) is 20.3 Å². The van der Waals surface area contributed by atoms with Crippen molar-refractivity contribution >= 4 is 11.6 Å². The Morgan fingerprint density at radius 2 is 2.00 bits per heavy atom. The van der Waals surface area contributed by atoms with E-state index in [-0.39, 0.29) is 5.91 Å². The molecule has 0 spiro atoms. The number of amides is 1. The molecule has 0 aliphatic carbocycles. The lowest BCUT2D eigenvalue weighted by Crippen LogP contribution is -2.15. The summed E-state index contributed by atoms with van der Waals surface area (Å²) >= 11 is 0. The van der Waals surface area contributed by atoms with Gasteiger partial charge < -0.3 is 10.1 Å². The third kappa shape index (κ3) is 3.15. The smallest absolute Gasteiger partial charge is 0.261 e. The Morgan fingerprint density at radius 1 is 1.20 bits per heavy atom. The molecule has 0 saturated carbocycles. The Bertz CT molecular complexity index is 597. The highest BCUT2D eigenvalue weighted by molar-refractivity contribution is 6.06. The average Bonchev–Trinajstić information content (AvgIpc) is 2.48. The van der Waals surface area contributed by atoms with Crippen molar-refractivity contribution in [2.24, 2.45) is 0 Å². The Balaban J connectivity index is 2.24. The zero-order valence-corrected chi connectivity index (χ0v) is 11.7. The first kappa shape index (κ1) is 14.1. The third-order valence-corrected chi connectivity index (χ3v) is 2.94. The number of carbonyl (C=O) groups is 1. The largest absolute Gasteiger partial charge is 0.477 e. The maximum atomic E-state index is 12.3. The molecular formula is C16H18N2O2. The Labute approximate surface area is 118 Å². The predicted molar refractivity (Wildman–Crippen MR) is 79.2 cm³/mol. The first-order valence-corrected chi connectivity index (χ1v) is 6.73. The Hall–Kier alpha value is -2.36. The van der Waals surface area contributed by atoms with Gasteiger partial charge in [0.1, 0.15) is 5.56 Å². The van der Waals surface area contributed by atoms with Crippen LogP contribution in [0.25, 0.3) is 0 Å². The number of pyridine rings is 1. The molecular weight excluding hydrogens is 252 g/mol. The molecule has 2 rings (SSSR count). The fraction of sp³-hybridized carbons (Fsp3) is 0.250. The minimum Gasteiger partial charge on any atom is -0.477 e. The van der Waals surface area contributed by atoms with Gasteiger partial charge in [-0.3, -0.25) is 4.79 Å². The van der Waals surface area contributed by atoms with Crippen LogP contribution >= 0.6 is 0 Å². The Morgan fingerprint density at radius 3 is 2.75 bits per heavy atom. The van der Waals surface area contributed by atoms with Gasteiger partial charge in [0.2, 0.25) is 5.88 Å². The van der Waals surface area contributed by atoms with E-state index in [1.807, 2.05) is 31.2 Å². The second-order valence-corrected chi connectivity index (χ2v) is 4.25. The Kier molecular flexibility index (Phi) is 4.71. The fourth-order valence-corrected chi connectivity index (χ4v) is 1.96. The summed E-state index contributed by atoms with van der Waals surface area (Å²) in [5, 5.41) is 2.92. The maximum absolute atomic E-state index is 12.3. The molecule has 0 aliphatic heterocycles. The molecule has 0 bridgehead atoms. The number of benzene rings is 1. The van der Waals surface area contributed by atoms with Crippen molar-refractivity contribution in [3.63, 3.8) is 0 Å². The van der Waals surface area contributed by atoms with E-state index in [1.165, 1.54) is 0 Å². The van der Waals surface area contributed by atoms with Crippen molar-refractivity contribution in [1.29, 1.82) is 0 Å². The van der Waals surface area contributed by atoms with Gasteiger partial charge in [0.05, 0.1) is 6.61 Å². The molecule has 0 saturated heterocycles. The molecule has 4 nitrogen and oxygen atoms in total. The predicted octanol–water partition coefficient (Wildman–Crippen LogP) is 3.30. The van der Waals surface area contributed by atoms with Crippen LogP contribution in [0.5, 0.6) is 5.88 Å². The summed E-state index contributed by atoms with van der Waals surface area (Å²) in [5.74, 6) is 0.156. The van der Waals surface area contributed by atoms with Gasteiger partial charge in [-0.1, -0.05) is 25.1 Å². The summed E-state index contributed by atoms with van der Waals surface area (Å²) in [7, 11) is 0. The molecule has 0 unspecified atom stereocenters. The average molecular weight is 270 g/mol. The quantitative estimate of drug-likeness (QED) is 0.907. The summed E-state index contributed by atoms with van der Waals surface area (Å²) in [4.78, 5) is 16.4. The van der Waals surface area contributed by atoms with Gasteiger partial charge in [0, 0.05) is 11.9 Å². The minimum absolute atomic E-state index is 0.206. The number of carbonyl (C=O) groups excluding carboxylic acids is 1. The van der Waals surface area contributed by atoms with Gasteiger partial charge in [-0.05, 0) is 37.1 Å². The van der Waals surface area contributed by atoms with E-state index in [4.69, 9.17) is 4.74 Å². The summed E-state index contributed by atoms with van der Waals surface area (Å²) in [5.41, 5.74) is 2.37. The maximum Gasteiger partial charge on any atom is 0.261 e. The van der Waals surface area contributed by atoms with E-state index >= 15 is 0 Å². The van der Waals surface area contributed by atoms with Crippen LogP contribution in [0, 0.1) is 0 Å². The summed E-state index contributed by atoms with van der Waals surface area (Å²) < 4.78 is 5.38. The molecule has 0 atom stereocenters. The molecule has 1 aromatic heterocycles. The van der Waals surface area contributed by atoms with Gasteiger partial charge in [-0.25, -0.2) is 4.98 Å². The standard InChI is InChI=1S/C16H18N2O2/c1-3-12-8-5-6-10-14(12)18-15(19)13-9-7-11-17-16(13)20-4-2/h5-11H,3-4H2,1-2H3,(H,18,19). The fourth-order valence-electron chi connectivity index (χ4n) is 1.96. The molecule has 1 aromatic carbocycles. The topological polar surface area (TPSA) is 51.2 Å². The number of anilines is 1. The zero-order chi connectivity index (χ0) is 14.4. The molecule has 4 heteroatoms. The number of hydrogen-bond acceptors (Lipinski definition) is 3. The van der Waals surface area contributed by atoms with E-state index in [2.05, 4.69) is 17.2 Å². The summed E-state index contributed by atoms with van der Waals surface area (Å²) in [6, 6.07) is 11.2. The van der Waals surface area contributed by atoms with Crippen molar-refractivity contribution < 1.29 is 9.53 Å². The van der Waals surface area contributed by atoms with Crippen LogP contribution in [0.15, 0.2) is 42.6 Å². The number of nitrogens with zero attached hydrogens (tertiary/aromatic N) is 1. The van der Waals surface area contributed by atoms with E-state index in [0.29, 0.717) is 18.1 Å². The highest BCUT2D eigenvalue weighted by atomic mass is 16.5. The second kappa shape index (κ2) is 6.70. The monoisotopic (exact) mass is 270 g/mol.